The highest BCUT2D eigenvalue weighted by atomic mass is 16.5. The van der Waals surface area contributed by atoms with Gasteiger partial charge in [0, 0.05) is 45.2 Å². The van der Waals surface area contributed by atoms with Crippen molar-refractivity contribution in [3.8, 4) is 5.75 Å². The van der Waals surface area contributed by atoms with E-state index in [9.17, 15) is 4.79 Å². The summed E-state index contributed by atoms with van der Waals surface area (Å²) in [5, 5.41) is 9.86. The molecule has 1 amide bonds. The maximum atomic E-state index is 12.0. The van der Waals surface area contributed by atoms with E-state index in [-0.39, 0.29) is 5.91 Å². The van der Waals surface area contributed by atoms with Crippen LogP contribution in [-0.2, 0) is 4.79 Å². The molecule has 3 N–H and O–H groups in total. The third-order valence-electron chi connectivity index (χ3n) is 5.54. The fourth-order valence-electron chi connectivity index (χ4n) is 4.04. The minimum absolute atomic E-state index is 0.123. The van der Waals surface area contributed by atoms with Crippen LogP contribution in [0.1, 0.15) is 38.5 Å². The molecule has 1 atom stereocenters. The van der Waals surface area contributed by atoms with Crippen molar-refractivity contribution in [2.75, 3.05) is 38.7 Å². The second kappa shape index (κ2) is 10.2. The van der Waals surface area contributed by atoms with E-state index >= 15 is 0 Å². The van der Waals surface area contributed by atoms with Crippen LogP contribution >= 0.6 is 0 Å². The molecule has 1 aliphatic heterocycles. The van der Waals surface area contributed by atoms with Gasteiger partial charge in [0.2, 0.25) is 5.91 Å². The van der Waals surface area contributed by atoms with Gasteiger partial charge < -0.3 is 25.6 Å². The van der Waals surface area contributed by atoms with Crippen LogP contribution in [0.15, 0.2) is 29.3 Å². The summed E-state index contributed by atoms with van der Waals surface area (Å²) in [7, 11) is 3.47. The van der Waals surface area contributed by atoms with Gasteiger partial charge in [-0.05, 0) is 31.4 Å². The summed E-state index contributed by atoms with van der Waals surface area (Å²) >= 11 is 0. The molecular weight excluding hydrogens is 354 g/mol. The highest BCUT2D eigenvalue weighted by Gasteiger charge is 2.25. The van der Waals surface area contributed by atoms with Gasteiger partial charge in [-0.25, -0.2) is 0 Å². The number of rotatable bonds is 7. The predicted octanol–water partition coefficient (Wildman–Crippen LogP) is 1.89. The maximum absolute atomic E-state index is 12.0. The number of anilines is 1. The number of benzene rings is 1. The number of aliphatic imine (C=N–C) groups is 1. The van der Waals surface area contributed by atoms with E-state index in [1.807, 2.05) is 18.2 Å². The lowest BCUT2D eigenvalue weighted by Gasteiger charge is -2.22. The van der Waals surface area contributed by atoms with Crippen molar-refractivity contribution < 1.29 is 9.53 Å². The van der Waals surface area contributed by atoms with Crippen molar-refractivity contribution in [1.82, 2.24) is 16.0 Å². The van der Waals surface area contributed by atoms with E-state index in [0.29, 0.717) is 25.0 Å². The average Bonchev–Trinajstić information content (AvgIpc) is 3.39. The number of guanidine groups is 1. The largest absolute Gasteiger partial charge is 0.495 e. The average molecular weight is 388 g/mol. The molecule has 0 bridgehead atoms. The molecule has 154 valence electrons. The van der Waals surface area contributed by atoms with Gasteiger partial charge in [0.15, 0.2) is 5.96 Å². The molecular formula is C21H33N5O2. The Morgan fingerprint density at radius 3 is 2.71 bits per heavy atom. The summed E-state index contributed by atoms with van der Waals surface area (Å²) in [4.78, 5) is 18.7. The topological polar surface area (TPSA) is 78.0 Å². The lowest BCUT2D eigenvalue weighted by atomic mass is 10.2. The van der Waals surface area contributed by atoms with Crippen LogP contribution in [0, 0.1) is 0 Å². The molecule has 1 aromatic carbocycles. The zero-order valence-electron chi connectivity index (χ0n) is 17.0. The van der Waals surface area contributed by atoms with Crippen LogP contribution < -0.4 is 25.6 Å². The van der Waals surface area contributed by atoms with E-state index in [0.717, 1.165) is 49.7 Å². The van der Waals surface area contributed by atoms with Crippen molar-refractivity contribution in [2.24, 2.45) is 4.99 Å². The summed E-state index contributed by atoms with van der Waals surface area (Å²) in [6, 6.07) is 8.80. The Bertz CT molecular complexity index is 673. The van der Waals surface area contributed by atoms with Gasteiger partial charge in [0.05, 0.1) is 12.8 Å². The zero-order valence-corrected chi connectivity index (χ0v) is 17.0. The lowest BCUT2D eigenvalue weighted by Crippen LogP contribution is -2.45. The van der Waals surface area contributed by atoms with Crippen LogP contribution in [0.3, 0.4) is 0 Å². The normalized spacial score (nSPS) is 20.3. The second-order valence-electron chi connectivity index (χ2n) is 7.55. The number of nitrogens with one attached hydrogen (secondary N) is 3. The van der Waals surface area contributed by atoms with Gasteiger partial charge in [0.25, 0.3) is 0 Å². The summed E-state index contributed by atoms with van der Waals surface area (Å²) in [6.45, 7) is 2.45. The molecule has 0 spiro atoms. The Balaban J connectivity index is 1.40. The number of carbonyl (C=O) groups is 1. The SMILES string of the molecule is CN=C(NCCC(=O)NC1CCCC1)NC1CCN(c2ccccc2OC)C1. The summed E-state index contributed by atoms with van der Waals surface area (Å²) in [5.74, 6) is 1.78. The predicted molar refractivity (Wildman–Crippen MR) is 113 cm³/mol. The number of hydrogen-bond acceptors (Lipinski definition) is 4. The minimum atomic E-state index is 0.123. The molecule has 1 unspecified atom stereocenters. The van der Waals surface area contributed by atoms with Crippen molar-refractivity contribution >= 4 is 17.6 Å². The first-order valence-electron chi connectivity index (χ1n) is 10.3. The van der Waals surface area contributed by atoms with Gasteiger partial charge in [0.1, 0.15) is 5.75 Å². The van der Waals surface area contributed by atoms with Gasteiger partial charge >= 0.3 is 0 Å². The first-order chi connectivity index (χ1) is 13.7. The number of nitrogens with zero attached hydrogens (tertiary/aromatic N) is 2. The molecule has 0 radical (unpaired) electrons. The van der Waals surface area contributed by atoms with Crippen molar-refractivity contribution in [3.05, 3.63) is 24.3 Å². The highest BCUT2D eigenvalue weighted by molar-refractivity contribution is 5.81. The fraction of sp³-hybridized carbons (Fsp3) is 0.619. The standard InChI is InChI=1S/C21H33N5O2/c1-22-21(23-13-11-20(27)24-16-7-3-4-8-16)25-17-12-14-26(15-17)18-9-5-6-10-19(18)28-2/h5-6,9-10,16-17H,3-4,7-8,11-15H2,1-2H3,(H,24,27)(H2,22,23,25). The number of para-hydroxylation sites is 2. The molecule has 1 aromatic rings. The van der Waals surface area contributed by atoms with Crippen molar-refractivity contribution in [2.45, 2.75) is 50.6 Å². The molecule has 1 heterocycles. The Labute approximate surface area is 167 Å². The lowest BCUT2D eigenvalue weighted by molar-refractivity contribution is -0.121. The third kappa shape index (κ3) is 5.53. The number of amides is 1. The zero-order chi connectivity index (χ0) is 19.8. The molecule has 2 fully saturated rings. The van der Waals surface area contributed by atoms with Gasteiger partial charge in [-0.3, -0.25) is 9.79 Å². The Morgan fingerprint density at radius 2 is 1.96 bits per heavy atom. The number of carbonyl (C=O) groups excluding carboxylic acids is 1. The first kappa shape index (κ1) is 20.3. The second-order valence-corrected chi connectivity index (χ2v) is 7.55. The van der Waals surface area contributed by atoms with Crippen molar-refractivity contribution in [3.63, 3.8) is 0 Å². The van der Waals surface area contributed by atoms with E-state index < -0.39 is 0 Å². The molecule has 0 aromatic heterocycles. The summed E-state index contributed by atoms with van der Waals surface area (Å²) < 4.78 is 5.48. The van der Waals surface area contributed by atoms with Crippen LogP contribution in [0.25, 0.3) is 0 Å². The van der Waals surface area contributed by atoms with Gasteiger partial charge in [-0.2, -0.15) is 0 Å². The Morgan fingerprint density at radius 1 is 1.18 bits per heavy atom. The molecule has 7 nitrogen and oxygen atoms in total. The van der Waals surface area contributed by atoms with Gasteiger partial charge in [-0.15, -0.1) is 0 Å². The van der Waals surface area contributed by atoms with E-state index in [1.54, 1.807) is 14.2 Å². The quantitative estimate of drug-likeness (QED) is 0.492. The molecule has 2 aliphatic rings. The van der Waals surface area contributed by atoms with Gasteiger partial charge in [-0.1, -0.05) is 25.0 Å². The van der Waals surface area contributed by atoms with E-state index in [2.05, 4.69) is 31.9 Å². The highest BCUT2D eigenvalue weighted by Crippen LogP contribution is 2.30. The number of methoxy groups -OCH3 is 1. The molecule has 1 aliphatic carbocycles. The van der Waals surface area contributed by atoms with Crippen LogP contribution in [0.4, 0.5) is 5.69 Å². The fourth-order valence-corrected chi connectivity index (χ4v) is 4.04. The third-order valence-corrected chi connectivity index (χ3v) is 5.54. The van der Waals surface area contributed by atoms with E-state index in [1.165, 1.54) is 12.8 Å². The number of ether oxygens (including phenoxy) is 1. The molecule has 7 heteroatoms. The van der Waals surface area contributed by atoms with Crippen LogP contribution in [-0.4, -0.2) is 57.7 Å². The van der Waals surface area contributed by atoms with Crippen molar-refractivity contribution in [1.29, 1.82) is 0 Å². The molecule has 1 saturated heterocycles. The molecule has 28 heavy (non-hydrogen) atoms. The minimum Gasteiger partial charge on any atom is -0.495 e. The molecule has 1 saturated carbocycles. The smallest absolute Gasteiger partial charge is 0.221 e. The van der Waals surface area contributed by atoms with E-state index in [4.69, 9.17) is 4.74 Å². The van der Waals surface area contributed by atoms with Crippen LogP contribution in [0.5, 0.6) is 5.75 Å². The Hall–Kier alpha value is -2.44. The summed E-state index contributed by atoms with van der Waals surface area (Å²) in [5.41, 5.74) is 1.13. The number of hydrogen-bond donors (Lipinski definition) is 3. The Kier molecular flexibility index (Phi) is 7.39. The summed E-state index contributed by atoms with van der Waals surface area (Å²) in [6.07, 6.45) is 6.19. The monoisotopic (exact) mass is 387 g/mol. The maximum Gasteiger partial charge on any atom is 0.221 e. The first-order valence-corrected chi connectivity index (χ1v) is 10.3. The van der Waals surface area contributed by atoms with Crippen LogP contribution in [0.2, 0.25) is 0 Å². The molecule has 3 rings (SSSR count).